The lowest BCUT2D eigenvalue weighted by molar-refractivity contribution is -0.141. The monoisotopic (exact) mass is 356 g/mol. The molecule has 0 radical (unpaired) electrons. The molecule has 1 aromatic heterocycles. The Bertz CT molecular complexity index is 748. The van der Waals surface area contributed by atoms with E-state index in [1.807, 2.05) is 30.3 Å². The molecule has 1 unspecified atom stereocenters. The van der Waals surface area contributed by atoms with Crippen molar-refractivity contribution >= 4 is 11.9 Å². The number of hydrogen-bond acceptors (Lipinski definition) is 5. The Kier molecular flexibility index (Phi) is 5.80. The quantitative estimate of drug-likeness (QED) is 0.851. The van der Waals surface area contributed by atoms with Crippen molar-refractivity contribution < 1.29 is 24.2 Å². The fourth-order valence-electron chi connectivity index (χ4n) is 2.73. The molecule has 1 aliphatic heterocycles. The first kappa shape index (κ1) is 17.9. The summed E-state index contributed by atoms with van der Waals surface area (Å²) < 4.78 is 11.0. The standard InChI is InChI=1S/C19H20N2O5/c22-18(23)10-16-12-21(8-9-25-16)19(24)15-6-7-17(20-11-15)26-13-14-4-2-1-3-5-14/h1-7,11,16H,8-10,12-13H2,(H,22,23). The number of pyridine rings is 1. The summed E-state index contributed by atoms with van der Waals surface area (Å²) in [7, 11) is 0. The Balaban J connectivity index is 1.57. The van der Waals surface area contributed by atoms with E-state index in [0.29, 0.717) is 31.2 Å². The number of aromatic nitrogens is 1. The molecule has 0 bridgehead atoms. The summed E-state index contributed by atoms with van der Waals surface area (Å²) in [6, 6.07) is 13.1. The van der Waals surface area contributed by atoms with E-state index >= 15 is 0 Å². The van der Waals surface area contributed by atoms with Crippen molar-refractivity contribution in [2.45, 2.75) is 19.1 Å². The van der Waals surface area contributed by atoms with Gasteiger partial charge >= 0.3 is 5.97 Å². The zero-order valence-electron chi connectivity index (χ0n) is 14.2. The van der Waals surface area contributed by atoms with E-state index in [-0.39, 0.29) is 18.9 Å². The molecule has 2 heterocycles. The Hall–Kier alpha value is -2.93. The number of hydrogen-bond donors (Lipinski definition) is 1. The summed E-state index contributed by atoms with van der Waals surface area (Å²) in [5, 5.41) is 8.86. The summed E-state index contributed by atoms with van der Waals surface area (Å²) in [5.41, 5.74) is 1.47. The third-order valence-electron chi connectivity index (χ3n) is 4.04. The normalized spacial score (nSPS) is 16.9. The van der Waals surface area contributed by atoms with Gasteiger partial charge in [-0.15, -0.1) is 0 Å². The number of carboxylic acids is 1. The van der Waals surface area contributed by atoms with Gasteiger partial charge in [-0.05, 0) is 11.6 Å². The van der Waals surface area contributed by atoms with Crippen molar-refractivity contribution in [3.8, 4) is 5.88 Å². The number of carbonyl (C=O) groups excluding carboxylic acids is 1. The van der Waals surface area contributed by atoms with Crippen LogP contribution in [-0.4, -0.2) is 52.7 Å². The second-order valence-electron chi connectivity index (χ2n) is 6.00. The SMILES string of the molecule is O=C(O)CC1CN(C(=O)c2ccc(OCc3ccccc3)nc2)CCO1. The van der Waals surface area contributed by atoms with Crippen LogP contribution in [0, 0.1) is 0 Å². The number of morpholine rings is 1. The van der Waals surface area contributed by atoms with Gasteiger partial charge < -0.3 is 19.5 Å². The molecule has 3 rings (SSSR count). The number of carboxylic acid groups (broad SMARTS) is 1. The fourth-order valence-corrected chi connectivity index (χ4v) is 2.73. The van der Waals surface area contributed by atoms with Crippen molar-refractivity contribution in [3.63, 3.8) is 0 Å². The van der Waals surface area contributed by atoms with Crippen molar-refractivity contribution in [3.05, 3.63) is 59.8 Å². The lowest BCUT2D eigenvalue weighted by atomic mass is 10.1. The molecule has 7 heteroatoms. The Morgan fingerprint density at radius 3 is 2.73 bits per heavy atom. The van der Waals surface area contributed by atoms with Gasteiger partial charge in [-0.2, -0.15) is 0 Å². The third kappa shape index (κ3) is 4.80. The van der Waals surface area contributed by atoms with Crippen LogP contribution in [0.4, 0.5) is 0 Å². The third-order valence-corrected chi connectivity index (χ3v) is 4.04. The maximum absolute atomic E-state index is 12.6. The highest BCUT2D eigenvalue weighted by molar-refractivity contribution is 5.94. The predicted octanol–water partition coefficient (Wildman–Crippen LogP) is 1.98. The molecule has 0 spiro atoms. The van der Waals surface area contributed by atoms with E-state index in [1.54, 1.807) is 17.0 Å². The van der Waals surface area contributed by atoms with Crippen molar-refractivity contribution in [2.24, 2.45) is 0 Å². The minimum absolute atomic E-state index is 0.117. The van der Waals surface area contributed by atoms with Crippen molar-refractivity contribution in [1.82, 2.24) is 9.88 Å². The predicted molar refractivity (Wildman–Crippen MR) is 92.9 cm³/mol. The van der Waals surface area contributed by atoms with E-state index in [9.17, 15) is 9.59 Å². The number of nitrogens with zero attached hydrogens (tertiary/aromatic N) is 2. The Morgan fingerprint density at radius 1 is 1.23 bits per heavy atom. The molecule has 1 N–H and O–H groups in total. The Labute approximate surface area is 151 Å². The first-order valence-corrected chi connectivity index (χ1v) is 8.37. The lowest BCUT2D eigenvalue weighted by Crippen LogP contribution is -2.46. The van der Waals surface area contributed by atoms with Crippen LogP contribution in [0.5, 0.6) is 5.88 Å². The number of benzene rings is 1. The van der Waals surface area contributed by atoms with Gasteiger partial charge in [0.15, 0.2) is 0 Å². The van der Waals surface area contributed by atoms with Gasteiger partial charge in [0.05, 0.1) is 24.7 Å². The summed E-state index contributed by atoms with van der Waals surface area (Å²) in [6.07, 6.45) is 0.880. The highest BCUT2D eigenvalue weighted by Gasteiger charge is 2.26. The van der Waals surface area contributed by atoms with Gasteiger partial charge in [0.25, 0.3) is 5.91 Å². The van der Waals surface area contributed by atoms with Gasteiger partial charge in [-0.1, -0.05) is 30.3 Å². The van der Waals surface area contributed by atoms with Crippen LogP contribution in [0.25, 0.3) is 0 Å². The van der Waals surface area contributed by atoms with Crippen LogP contribution >= 0.6 is 0 Å². The highest BCUT2D eigenvalue weighted by Crippen LogP contribution is 2.15. The van der Waals surface area contributed by atoms with E-state index in [1.165, 1.54) is 6.20 Å². The average Bonchev–Trinajstić information content (AvgIpc) is 2.67. The summed E-state index contributed by atoms with van der Waals surface area (Å²) in [6.45, 7) is 1.43. The van der Waals surface area contributed by atoms with Crippen LogP contribution in [0.1, 0.15) is 22.3 Å². The molecular weight excluding hydrogens is 336 g/mol. The zero-order chi connectivity index (χ0) is 18.4. The number of amides is 1. The maximum Gasteiger partial charge on any atom is 0.306 e. The molecular formula is C19H20N2O5. The number of ether oxygens (including phenoxy) is 2. The molecule has 26 heavy (non-hydrogen) atoms. The van der Waals surface area contributed by atoms with Gasteiger partial charge in [0.1, 0.15) is 6.61 Å². The van der Waals surface area contributed by atoms with Crippen LogP contribution in [0.15, 0.2) is 48.7 Å². The second-order valence-corrected chi connectivity index (χ2v) is 6.00. The number of rotatable bonds is 6. The molecule has 1 saturated heterocycles. The molecule has 0 aliphatic carbocycles. The van der Waals surface area contributed by atoms with E-state index in [4.69, 9.17) is 14.6 Å². The molecule has 1 amide bonds. The van der Waals surface area contributed by atoms with Crippen molar-refractivity contribution in [1.29, 1.82) is 0 Å². The van der Waals surface area contributed by atoms with E-state index < -0.39 is 12.1 Å². The lowest BCUT2D eigenvalue weighted by Gasteiger charge is -2.32. The number of carbonyl (C=O) groups is 2. The zero-order valence-corrected chi connectivity index (χ0v) is 14.2. The topological polar surface area (TPSA) is 89.0 Å². The average molecular weight is 356 g/mol. The molecule has 0 saturated carbocycles. The van der Waals surface area contributed by atoms with Gasteiger partial charge in [0.2, 0.25) is 5.88 Å². The fraction of sp³-hybridized carbons (Fsp3) is 0.316. The van der Waals surface area contributed by atoms with Gasteiger partial charge in [-0.3, -0.25) is 9.59 Å². The molecule has 1 atom stereocenters. The van der Waals surface area contributed by atoms with E-state index in [0.717, 1.165) is 5.56 Å². The van der Waals surface area contributed by atoms with Gasteiger partial charge in [-0.25, -0.2) is 4.98 Å². The Morgan fingerprint density at radius 2 is 2.04 bits per heavy atom. The van der Waals surface area contributed by atoms with Crippen LogP contribution in [-0.2, 0) is 16.1 Å². The molecule has 1 aliphatic rings. The molecule has 1 fully saturated rings. The van der Waals surface area contributed by atoms with Crippen LogP contribution < -0.4 is 4.74 Å². The summed E-state index contributed by atoms with van der Waals surface area (Å²) >= 11 is 0. The largest absolute Gasteiger partial charge is 0.481 e. The first-order chi connectivity index (χ1) is 12.6. The highest BCUT2D eigenvalue weighted by atomic mass is 16.5. The van der Waals surface area contributed by atoms with Crippen LogP contribution in [0.2, 0.25) is 0 Å². The van der Waals surface area contributed by atoms with Crippen molar-refractivity contribution in [2.75, 3.05) is 19.7 Å². The molecule has 2 aromatic rings. The number of aliphatic carboxylic acids is 1. The van der Waals surface area contributed by atoms with E-state index in [2.05, 4.69) is 4.98 Å². The minimum Gasteiger partial charge on any atom is -0.481 e. The maximum atomic E-state index is 12.6. The van der Waals surface area contributed by atoms with Crippen LogP contribution in [0.3, 0.4) is 0 Å². The smallest absolute Gasteiger partial charge is 0.306 e. The molecule has 136 valence electrons. The minimum atomic E-state index is -0.939. The first-order valence-electron chi connectivity index (χ1n) is 8.37. The summed E-state index contributed by atoms with van der Waals surface area (Å²) in [4.78, 5) is 29.1. The summed E-state index contributed by atoms with van der Waals surface area (Å²) in [5.74, 6) is -0.687. The second kappa shape index (κ2) is 8.44. The molecule has 1 aromatic carbocycles. The molecule has 7 nitrogen and oxygen atoms in total. The van der Waals surface area contributed by atoms with Gasteiger partial charge in [0, 0.05) is 25.4 Å².